The van der Waals surface area contributed by atoms with E-state index in [0.29, 0.717) is 31.2 Å². The number of hydrogen-bond donors (Lipinski definition) is 1. The summed E-state index contributed by atoms with van der Waals surface area (Å²) in [7, 11) is -3.30. The van der Waals surface area contributed by atoms with Crippen LogP contribution >= 0.6 is 0 Å². The second-order valence-corrected chi connectivity index (χ2v) is 9.01. The van der Waals surface area contributed by atoms with E-state index in [1.165, 1.54) is 10.7 Å². The van der Waals surface area contributed by atoms with E-state index < -0.39 is 16.1 Å². The molecule has 4 atom stereocenters. The first-order valence-electron chi connectivity index (χ1n) is 8.66. The Morgan fingerprint density at radius 3 is 2.59 bits per heavy atom. The van der Waals surface area contributed by atoms with Crippen molar-refractivity contribution in [2.45, 2.75) is 71.4 Å². The maximum Gasteiger partial charge on any atom is 0.238 e. The molecule has 1 saturated heterocycles. The smallest absolute Gasteiger partial charge is 0.238 e. The summed E-state index contributed by atoms with van der Waals surface area (Å²) in [5.41, 5.74) is 0. The first-order chi connectivity index (χ1) is 10.4. The predicted octanol–water partition coefficient (Wildman–Crippen LogP) is 2.13. The molecular weight excluding hydrogens is 300 g/mol. The maximum absolute atomic E-state index is 12.6. The van der Waals surface area contributed by atoms with Gasteiger partial charge < -0.3 is 5.32 Å². The normalized spacial score (nSPS) is 33.8. The lowest BCUT2D eigenvalue weighted by Crippen LogP contribution is -2.52. The van der Waals surface area contributed by atoms with E-state index in [4.69, 9.17) is 0 Å². The molecule has 2 aliphatic rings. The Morgan fingerprint density at radius 2 is 1.91 bits per heavy atom. The number of nitrogens with zero attached hydrogens (tertiary/aromatic N) is 1. The molecule has 6 heteroatoms. The highest BCUT2D eigenvalue weighted by molar-refractivity contribution is 7.89. The summed E-state index contributed by atoms with van der Waals surface area (Å²) in [6.07, 6.45) is 5.37. The highest BCUT2D eigenvalue weighted by atomic mass is 32.2. The van der Waals surface area contributed by atoms with E-state index in [-0.39, 0.29) is 17.7 Å². The monoisotopic (exact) mass is 330 g/mol. The standard InChI is InChI=1S/C16H30N2O3S/c1-4-11-22(20,21)18-10-6-9-15(18)16(19)17-14-8-5-7-12(2)13(14)3/h12-15H,4-11H2,1-3H3,(H,17,19). The molecule has 0 aromatic heterocycles. The molecule has 1 N–H and O–H groups in total. The van der Waals surface area contributed by atoms with Gasteiger partial charge in [-0.15, -0.1) is 0 Å². The molecule has 4 unspecified atom stereocenters. The topological polar surface area (TPSA) is 66.5 Å². The molecule has 22 heavy (non-hydrogen) atoms. The van der Waals surface area contributed by atoms with Gasteiger partial charge in [-0.25, -0.2) is 8.42 Å². The molecule has 1 aliphatic heterocycles. The van der Waals surface area contributed by atoms with Gasteiger partial charge in [0.05, 0.1) is 5.75 Å². The van der Waals surface area contributed by atoms with Gasteiger partial charge in [-0.2, -0.15) is 4.31 Å². The van der Waals surface area contributed by atoms with Crippen molar-refractivity contribution < 1.29 is 13.2 Å². The van der Waals surface area contributed by atoms with Crippen LogP contribution in [0.15, 0.2) is 0 Å². The van der Waals surface area contributed by atoms with Crippen molar-refractivity contribution >= 4 is 15.9 Å². The Morgan fingerprint density at radius 1 is 1.18 bits per heavy atom. The summed E-state index contributed by atoms with van der Waals surface area (Å²) in [5.74, 6) is 1.11. The average Bonchev–Trinajstić information content (AvgIpc) is 2.94. The Bertz CT molecular complexity index is 492. The van der Waals surface area contributed by atoms with Crippen molar-refractivity contribution in [1.82, 2.24) is 9.62 Å². The zero-order chi connectivity index (χ0) is 16.3. The van der Waals surface area contributed by atoms with Gasteiger partial charge in [0.15, 0.2) is 0 Å². The number of rotatable bonds is 5. The van der Waals surface area contributed by atoms with Crippen LogP contribution < -0.4 is 5.32 Å². The van der Waals surface area contributed by atoms with Crippen molar-refractivity contribution in [2.75, 3.05) is 12.3 Å². The van der Waals surface area contributed by atoms with E-state index in [1.54, 1.807) is 0 Å². The van der Waals surface area contributed by atoms with Crippen LogP contribution in [0.5, 0.6) is 0 Å². The summed E-state index contributed by atoms with van der Waals surface area (Å²) >= 11 is 0. The van der Waals surface area contributed by atoms with E-state index in [1.807, 2.05) is 6.92 Å². The van der Waals surface area contributed by atoms with Crippen molar-refractivity contribution in [3.63, 3.8) is 0 Å². The van der Waals surface area contributed by atoms with Crippen LogP contribution in [-0.2, 0) is 14.8 Å². The van der Waals surface area contributed by atoms with Gasteiger partial charge in [0.1, 0.15) is 6.04 Å². The Hall–Kier alpha value is -0.620. The van der Waals surface area contributed by atoms with Gasteiger partial charge in [-0.3, -0.25) is 4.79 Å². The summed E-state index contributed by atoms with van der Waals surface area (Å²) in [4.78, 5) is 12.6. The molecule has 1 saturated carbocycles. The molecule has 0 aromatic carbocycles. The third kappa shape index (κ3) is 3.82. The maximum atomic E-state index is 12.6. The number of nitrogens with one attached hydrogen (secondary N) is 1. The zero-order valence-electron chi connectivity index (χ0n) is 14.0. The molecule has 1 amide bonds. The van der Waals surface area contributed by atoms with Gasteiger partial charge in [-0.05, 0) is 37.5 Å². The number of carbonyl (C=O) groups excluding carboxylic acids is 1. The minimum absolute atomic E-state index is 0.0943. The van der Waals surface area contributed by atoms with Crippen LogP contribution in [0.2, 0.25) is 0 Å². The van der Waals surface area contributed by atoms with Crippen LogP contribution in [0, 0.1) is 11.8 Å². The quantitative estimate of drug-likeness (QED) is 0.840. The molecule has 1 aliphatic carbocycles. The van der Waals surface area contributed by atoms with Crippen molar-refractivity contribution in [3.8, 4) is 0 Å². The highest BCUT2D eigenvalue weighted by Crippen LogP contribution is 2.30. The van der Waals surface area contributed by atoms with Crippen LogP contribution in [0.1, 0.15) is 59.3 Å². The van der Waals surface area contributed by atoms with Crippen LogP contribution in [0.25, 0.3) is 0 Å². The first-order valence-corrected chi connectivity index (χ1v) is 10.3. The molecule has 2 fully saturated rings. The van der Waals surface area contributed by atoms with E-state index in [2.05, 4.69) is 19.2 Å². The van der Waals surface area contributed by atoms with Crippen LogP contribution in [-0.4, -0.2) is 43.0 Å². The van der Waals surface area contributed by atoms with Gasteiger partial charge in [0, 0.05) is 12.6 Å². The second kappa shape index (κ2) is 7.30. The fourth-order valence-corrected chi connectivity index (χ4v) is 5.52. The molecule has 1 heterocycles. The van der Waals surface area contributed by atoms with Gasteiger partial charge >= 0.3 is 0 Å². The highest BCUT2D eigenvalue weighted by Gasteiger charge is 2.39. The molecule has 0 spiro atoms. The number of amides is 1. The molecule has 2 rings (SSSR count). The lowest BCUT2D eigenvalue weighted by Gasteiger charge is -2.35. The minimum atomic E-state index is -3.30. The minimum Gasteiger partial charge on any atom is -0.352 e. The lowest BCUT2D eigenvalue weighted by molar-refractivity contribution is -0.125. The first kappa shape index (κ1) is 17.7. The largest absolute Gasteiger partial charge is 0.352 e. The fourth-order valence-electron chi connectivity index (χ4n) is 3.77. The van der Waals surface area contributed by atoms with E-state index in [9.17, 15) is 13.2 Å². The molecule has 0 radical (unpaired) electrons. The number of hydrogen-bond acceptors (Lipinski definition) is 3. The Balaban J connectivity index is 2.02. The van der Waals surface area contributed by atoms with Crippen LogP contribution in [0.3, 0.4) is 0 Å². The molecule has 0 aromatic rings. The van der Waals surface area contributed by atoms with E-state index >= 15 is 0 Å². The van der Waals surface area contributed by atoms with Gasteiger partial charge in [0.2, 0.25) is 15.9 Å². The molecule has 0 bridgehead atoms. The van der Waals surface area contributed by atoms with Crippen molar-refractivity contribution in [2.24, 2.45) is 11.8 Å². The van der Waals surface area contributed by atoms with Gasteiger partial charge in [-0.1, -0.05) is 33.6 Å². The summed E-state index contributed by atoms with van der Waals surface area (Å²) in [6.45, 7) is 6.76. The molecule has 128 valence electrons. The SMILES string of the molecule is CCCS(=O)(=O)N1CCCC1C(=O)NC1CCCC(C)C1C. The second-order valence-electron chi connectivity index (χ2n) is 6.97. The third-order valence-corrected chi connectivity index (χ3v) is 7.44. The van der Waals surface area contributed by atoms with Crippen molar-refractivity contribution in [3.05, 3.63) is 0 Å². The van der Waals surface area contributed by atoms with Gasteiger partial charge in [0.25, 0.3) is 0 Å². The summed E-state index contributed by atoms with van der Waals surface area (Å²) < 4.78 is 26.0. The molecule has 5 nitrogen and oxygen atoms in total. The number of carbonyl (C=O) groups is 1. The fraction of sp³-hybridized carbons (Fsp3) is 0.938. The summed E-state index contributed by atoms with van der Waals surface area (Å²) in [5, 5.41) is 3.14. The zero-order valence-corrected chi connectivity index (χ0v) is 14.9. The number of sulfonamides is 1. The van der Waals surface area contributed by atoms with Crippen molar-refractivity contribution in [1.29, 1.82) is 0 Å². The third-order valence-electron chi connectivity index (χ3n) is 5.36. The summed E-state index contributed by atoms with van der Waals surface area (Å²) in [6, 6.07) is -0.312. The van der Waals surface area contributed by atoms with E-state index in [0.717, 1.165) is 19.3 Å². The Labute approximate surface area is 134 Å². The average molecular weight is 330 g/mol. The lowest BCUT2D eigenvalue weighted by atomic mass is 9.78. The predicted molar refractivity (Wildman–Crippen MR) is 87.9 cm³/mol. The Kier molecular flexibility index (Phi) is 5.88. The van der Waals surface area contributed by atoms with Crippen LogP contribution in [0.4, 0.5) is 0 Å². The molecular formula is C16H30N2O3S.